The summed E-state index contributed by atoms with van der Waals surface area (Å²) in [6.07, 6.45) is 2.47. The van der Waals surface area contributed by atoms with Crippen molar-refractivity contribution in [1.29, 1.82) is 0 Å². The first-order valence-corrected chi connectivity index (χ1v) is 8.94. The summed E-state index contributed by atoms with van der Waals surface area (Å²) in [5, 5.41) is 6.12. The number of hydrogen-bond donors (Lipinski definition) is 2. The van der Waals surface area contributed by atoms with Gasteiger partial charge in [0.2, 0.25) is 5.75 Å². The summed E-state index contributed by atoms with van der Waals surface area (Å²) in [5.74, 6) is 1.39. The molecule has 0 fully saturated rings. The fourth-order valence-corrected chi connectivity index (χ4v) is 2.64. The van der Waals surface area contributed by atoms with Crippen molar-refractivity contribution in [2.45, 2.75) is 6.42 Å². The molecular formula is C20H28N4O4. The van der Waals surface area contributed by atoms with Crippen LogP contribution in [0.5, 0.6) is 17.2 Å². The zero-order valence-electron chi connectivity index (χ0n) is 17.0. The highest BCUT2D eigenvalue weighted by molar-refractivity contribution is 5.93. The zero-order chi connectivity index (χ0) is 20.5. The first-order chi connectivity index (χ1) is 13.5. The summed E-state index contributed by atoms with van der Waals surface area (Å²) < 4.78 is 16.1. The molecular weight excluding hydrogens is 360 g/mol. The van der Waals surface area contributed by atoms with Crippen LogP contribution in [0.4, 0.5) is 11.4 Å². The molecule has 0 bridgehead atoms. The van der Waals surface area contributed by atoms with Gasteiger partial charge in [0.25, 0.3) is 5.91 Å². The van der Waals surface area contributed by atoms with Gasteiger partial charge in [0.05, 0.1) is 21.3 Å². The van der Waals surface area contributed by atoms with Gasteiger partial charge >= 0.3 is 0 Å². The monoisotopic (exact) mass is 388 g/mol. The summed E-state index contributed by atoms with van der Waals surface area (Å²) >= 11 is 0. The van der Waals surface area contributed by atoms with Crippen LogP contribution in [0, 0.1) is 0 Å². The minimum absolute atomic E-state index is 0.202. The van der Waals surface area contributed by atoms with Crippen LogP contribution in [-0.4, -0.2) is 64.3 Å². The second-order valence-electron chi connectivity index (χ2n) is 6.38. The lowest BCUT2D eigenvalue weighted by Gasteiger charge is -2.15. The van der Waals surface area contributed by atoms with Crippen LogP contribution in [0.25, 0.3) is 0 Å². The van der Waals surface area contributed by atoms with E-state index in [9.17, 15) is 4.79 Å². The van der Waals surface area contributed by atoms with E-state index < -0.39 is 0 Å². The second-order valence-corrected chi connectivity index (χ2v) is 6.38. The largest absolute Gasteiger partial charge is 0.493 e. The Balaban J connectivity index is 2.11. The molecule has 0 aliphatic heterocycles. The number of pyridine rings is 1. The van der Waals surface area contributed by atoms with Crippen LogP contribution in [0.1, 0.15) is 16.9 Å². The third-order valence-corrected chi connectivity index (χ3v) is 4.01. The number of nitrogens with one attached hydrogen (secondary N) is 2. The third kappa shape index (κ3) is 5.75. The Labute approximate surface area is 165 Å². The van der Waals surface area contributed by atoms with Crippen molar-refractivity contribution in [3.05, 3.63) is 36.2 Å². The van der Waals surface area contributed by atoms with Gasteiger partial charge in [-0.05, 0) is 39.2 Å². The van der Waals surface area contributed by atoms with Crippen LogP contribution < -0.4 is 24.8 Å². The van der Waals surface area contributed by atoms with E-state index >= 15 is 0 Å². The minimum Gasteiger partial charge on any atom is -0.493 e. The lowest BCUT2D eigenvalue weighted by molar-refractivity contribution is 0.0947. The number of anilines is 2. The van der Waals surface area contributed by atoms with Gasteiger partial charge in [-0.3, -0.25) is 9.78 Å². The van der Waals surface area contributed by atoms with Crippen molar-refractivity contribution < 1.29 is 19.0 Å². The molecule has 1 heterocycles. The Morgan fingerprint density at radius 3 is 2.29 bits per heavy atom. The Morgan fingerprint density at radius 2 is 1.71 bits per heavy atom. The van der Waals surface area contributed by atoms with Gasteiger partial charge in [-0.1, -0.05) is 0 Å². The van der Waals surface area contributed by atoms with E-state index in [1.165, 1.54) is 0 Å². The molecule has 1 amide bonds. The molecule has 2 aromatic rings. The Kier molecular flexibility index (Phi) is 7.88. The molecule has 1 aromatic heterocycles. The van der Waals surface area contributed by atoms with E-state index in [0.717, 1.165) is 24.3 Å². The van der Waals surface area contributed by atoms with Gasteiger partial charge in [0.1, 0.15) is 5.69 Å². The normalized spacial score (nSPS) is 10.5. The molecule has 0 aliphatic carbocycles. The fourth-order valence-electron chi connectivity index (χ4n) is 2.64. The summed E-state index contributed by atoms with van der Waals surface area (Å²) in [6, 6.07) is 7.07. The van der Waals surface area contributed by atoms with E-state index in [1.807, 2.05) is 14.1 Å². The average molecular weight is 388 g/mol. The van der Waals surface area contributed by atoms with E-state index in [2.05, 4.69) is 20.5 Å². The van der Waals surface area contributed by atoms with Crippen LogP contribution in [-0.2, 0) is 0 Å². The van der Waals surface area contributed by atoms with Gasteiger partial charge in [0, 0.05) is 36.2 Å². The van der Waals surface area contributed by atoms with E-state index in [0.29, 0.717) is 29.5 Å². The van der Waals surface area contributed by atoms with Crippen LogP contribution >= 0.6 is 0 Å². The van der Waals surface area contributed by atoms with E-state index in [4.69, 9.17) is 14.2 Å². The lowest BCUT2D eigenvalue weighted by Crippen LogP contribution is -2.27. The molecule has 152 valence electrons. The second kappa shape index (κ2) is 10.4. The summed E-state index contributed by atoms with van der Waals surface area (Å²) in [6.45, 7) is 1.51. The van der Waals surface area contributed by atoms with Crippen LogP contribution in [0.15, 0.2) is 30.5 Å². The Bertz CT molecular complexity index is 771. The summed E-state index contributed by atoms with van der Waals surface area (Å²) in [7, 11) is 8.68. The number of hydrogen-bond acceptors (Lipinski definition) is 7. The predicted molar refractivity (Wildman–Crippen MR) is 109 cm³/mol. The lowest BCUT2D eigenvalue weighted by atomic mass is 10.2. The quantitative estimate of drug-likeness (QED) is 0.605. The highest BCUT2D eigenvalue weighted by Crippen LogP contribution is 2.40. The maximum atomic E-state index is 12.3. The molecule has 0 radical (unpaired) electrons. The number of benzene rings is 1. The average Bonchev–Trinajstić information content (AvgIpc) is 2.70. The molecule has 0 spiro atoms. The fraction of sp³-hybridized carbons (Fsp3) is 0.400. The predicted octanol–water partition coefficient (Wildman–Crippen LogP) is 2.53. The Morgan fingerprint density at radius 1 is 1.04 bits per heavy atom. The number of carbonyl (C=O) groups is 1. The maximum Gasteiger partial charge on any atom is 0.269 e. The van der Waals surface area contributed by atoms with Crippen molar-refractivity contribution >= 4 is 17.3 Å². The number of rotatable bonds is 10. The molecule has 0 atom stereocenters. The van der Waals surface area contributed by atoms with Crippen LogP contribution in [0.3, 0.4) is 0 Å². The molecule has 2 N–H and O–H groups in total. The van der Waals surface area contributed by atoms with Crippen molar-refractivity contribution in [2.24, 2.45) is 0 Å². The molecule has 2 rings (SSSR count). The smallest absolute Gasteiger partial charge is 0.269 e. The summed E-state index contributed by atoms with van der Waals surface area (Å²) in [5.41, 5.74) is 1.81. The number of methoxy groups -OCH3 is 3. The van der Waals surface area contributed by atoms with Crippen molar-refractivity contribution in [3.8, 4) is 17.2 Å². The van der Waals surface area contributed by atoms with Crippen molar-refractivity contribution in [1.82, 2.24) is 15.2 Å². The molecule has 1 aromatic carbocycles. The Hall–Kier alpha value is -3.00. The maximum absolute atomic E-state index is 12.3. The molecule has 8 nitrogen and oxygen atoms in total. The number of carbonyl (C=O) groups excluding carboxylic acids is 1. The van der Waals surface area contributed by atoms with E-state index in [-0.39, 0.29) is 5.91 Å². The molecule has 28 heavy (non-hydrogen) atoms. The molecule has 0 aliphatic rings. The molecule has 0 saturated carbocycles. The molecule has 0 unspecified atom stereocenters. The number of nitrogens with zero attached hydrogens (tertiary/aromatic N) is 2. The molecule has 0 saturated heterocycles. The number of aromatic nitrogens is 1. The first-order valence-electron chi connectivity index (χ1n) is 8.94. The third-order valence-electron chi connectivity index (χ3n) is 4.01. The van der Waals surface area contributed by atoms with Gasteiger partial charge in [-0.15, -0.1) is 0 Å². The topological polar surface area (TPSA) is 85.0 Å². The zero-order valence-corrected chi connectivity index (χ0v) is 17.0. The highest BCUT2D eigenvalue weighted by atomic mass is 16.5. The van der Waals surface area contributed by atoms with Gasteiger partial charge in [-0.25, -0.2) is 0 Å². The van der Waals surface area contributed by atoms with Crippen LogP contribution in [0.2, 0.25) is 0 Å². The summed E-state index contributed by atoms with van der Waals surface area (Å²) in [4.78, 5) is 18.5. The van der Waals surface area contributed by atoms with Gasteiger partial charge < -0.3 is 29.7 Å². The van der Waals surface area contributed by atoms with Gasteiger partial charge in [-0.2, -0.15) is 0 Å². The SMILES string of the molecule is COc1cc(Nc2ccnc(C(=O)NCCCN(C)C)c2)cc(OC)c1OC. The number of ether oxygens (including phenoxy) is 3. The minimum atomic E-state index is -0.202. The van der Waals surface area contributed by atoms with Crippen molar-refractivity contribution in [2.75, 3.05) is 53.8 Å². The van der Waals surface area contributed by atoms with Gasteiger partial charge in [0.15, 0.2) is 11.5 Å². The van der Waals surface area contributed by atoms with Crippen molar-refractivity contribution in [3.63, 3.8) is 0 Å². The first kappa shape index (κ1) is 21.3. The highest BCUT2D eigenvalue weighted by Gasteiger charge is 2.14. The molecule has 8 heteroatoms. The standard InChI is InChI=1S/C20H28N4O4/c1-24(2)10-6-8-22-20(25)16-11-14(7-9-21-16)23-15-12-17(26-3)19(28-5)18(13-15)27-4/h7,9,11-13H,6,8,10H2,1-5H3,(H,21,23)(H,22,25). The van der Waals surface area contributed by atoms with E-state index in [1.54, 1.807) is 51.8 Å². The number of amides is 1.